The van der Waals surface area contributed by atoms with Crippen LogP contribution in [-0.2, 0) is 0 Å². The molecule has 2 rings (SSSR count). The second-order valence-electron chi connectivity index (χ2n) is 4.49. The molecule has 0 fully saturated rings. The van der Waals surface area contributed by atoms with E-state index < -0.39 is 0 Å². The van der Waals surface area contributed by atoms with Gasteiger partial charge < -0.3 is 4.74 Å². The average Bonchev–Trinajstić information content (AvgIpc) is 2.44. The van der Waals surface area contributed by atoms with Crippen LogP contribution in [0.25, 0.3) is 0 Å². The molecule has 0 aliphatic carbocycles. The van der Waals surface area contributed by atoms with Crippen molar-refractivity contribution in [1.82, 2.24) is 5.43 Å². The van der Waals surface area contributed by atoms with Gasteiger partial charge in [-0.25, -0.2) is 9.82 Å². The highest BCUT2D eigenvalue weighted by Crippen LogP contribution is 2.30. The Labute approximate surface area is 122 Å². The lowest BCUT2D eigenvalue weighted by molar-refractivity contribution is 0.411. The zero-order valence-corrected chi connectivity index (χ0v) is 12.0. The van der Waals surface area contributed by atoms with Gasteiger partial charge in [0.15, 0.2) is 0 Å². The molecule has 5 heteroatoms. The quantitative estimate of drug-likeness (QED) is 0.671. The Balaban J connectivity index is 2.46. The molecule has 2 aromatic rings. The molecule has 0 aromatic heterocycles. The first-order valence-corrected chi connectivity index (χ1v) is 6.50. The Morgan fingerprint density at radius 1 is 1.25 bits per heavy atom. The van der Waals surface area contributed by atoms with Crippen LogP contribution in [0.2, 0.25) is 5.02 Å². The first kappa shape index (κ1) is 14.8. The molecule has 3 nitrogen and oxygen atoms in total. The lowest BCUT2D eigenvalue weighted by Crippen LogP contribution is -2.29. The number of nitrogens with two attached hydrogens (primary N) is 1. The number of rotatable bonds is 4. The fraction of sp³-hybridized carbons (Fsp3) is 0.200. The van der Waals surface area contributed by atoms with Crippen LogP contribution in [0, 0.1) is 12.7 Å². The van der Waals surface area contributed by atoms with E-state index in [1.807, 2.05) is 25.1 Å². The maximum atomic E-state index is 13.4. The molecule has 0 amide bonds. The number of hydrazine groups is 1. The highest BCUT2D eigenvalue weighted by atomic mass is 35.5. The van der Waals surface area contributed by atoms with Gasteiger partial charge in [0.25, 0.3) is 0 Å². The largest absolute Gasteiger partial charge is 0.496 e. The molecule has 0 bridgehead atoms. The van der Waals surface area contributed by atoms with Gasteiger partial charge >= 0.3 is 0 Å². The molecule has 0 saturated carbocycles. The summed E-state index contributed by atoms with van der Waals surface area (Å²) in [5.74, 6) is 6.05. The molecular formula is C15H16ClFN2O. The lowest BCUT2D eigenvalue weighted by Gasteiger charge is -2.19. The van der Waals surface area contributed by atoms with Gasteiger partial charge in [0.1, 0.15) is 11.6 Å². The number of aryl methyl sites for hydroxylation is 1. The summed E-state index contributed by atoms with van der Waals surface area (Å²) in [4.78, 5) is 0. The van der Waals surface area contributed by atoms with Gasteiger partial charge in [0, 0.05) is 5.02 Å². The Morgan fingerprint density at radius 3 is 2.60 bits per heavy atom. The third-order valence-electron chi connectivity index (χ3n) is 3.19. The number of hydrogen-bond acceptors (Lipinski definition) is 3. The molecule has 1 atom stereocenters. The molecule has 0 aliphatic heterocycles. The first-order chi connectivity index (χ1) is 9.56. The minimum atomic E-state index is -0.386. The van der Waals surface area contributed by atoms with E-state index >= 15 is 0 Å². The van der Waals surface area contributed by atoms with Gasteiger partial charge in [-0.15, -0.1) is 0 Å². The maximum absolute atomic E-state index is 13.4. The van der Waals surface area contributed by atoms with Crippen LogP contribution in [-0.4, -0.2) is 7.11 Å². The van der Waals surface area contributed by atoms with E-state index in [2.05, 4.69) is 5.43 Å². The maximum Gasteiger partial charge on any atom is 0.123 e. The SMILES string of the molecule is COc1ccc(C(NN)c2cc(F)ccc2Cl)cc1C. The minimum Gasteiger partial charge on any atom is -0.496 e. The number of benzene rings is 2. The van der Waals surface area contributed by atoms with Gasteiger partial charge in [-0.1, -0.05) is 23.7 Å². The van der Waals surface area contributed by atoms with Gasteiger partial charge in [0.05, 0.1) is 13.2 Å². The molecule has 106 valence electrons. The average molecular weight is 295 g/mol. The molecule has 0 spiro atoms. The van der Waals surface area contributed by atoms with E-state index in [0.29, 0.717) is 10.6 Å². The van der Waals surface area contributed by atoms with Crippen LogP contribution < -0.4 is 16.0 Å². The van der Waals surface area contributed by atoms with Gasteiger partial charge in [0.2, 0.25) is 0 Å². The molecule has 0 aliphatic rings. The third-order valence-corrected chi connectivity index (χ3v) is 3.53. The second-order valence-corrected chi connectivity index (χ2v) is 4.90. The second kappa shape index (κ2) is 6.22. The van der Waals surface area contributed by atoms with Crippen LogP contribution in [0.3, 0.4) is 0 Å². The zero-order valence-electron chi connectivity index (χ0n) is 11.3. The van der Waals surface area contributed by atoms with Gasteiger partial charge in [-0.05, 0) is 47.9 Å². The molecule has 0 saturated heterocycles. The molecule has 0 radical (unpaired) electrons. The Kier molecular flexibility index (Phi) is 4.60. The van der Waals surface area contributed by atoms with Crippen molar-refractivity contribution in [3.05, 3.63) is 63.9 Å². The normalized spacial score (nSPS) is 12.2. The summed E-state index contributed by atoms with van der Waals surface area (Å²) < 4.78 is 18.6. The Morgan fingerprint density at radius 2 is 2.00 bits per heavy atom. The highest BCUT2D eigenvalue weighted by Gasteiger charge is 2.17. The summed E-state index contributed by atoms with van der Waals surface area (Å²) in [7, 11) is 1.62. The smallest absolute Gasteiger partial charge is 0.123 e. The first-order valence-electron chi connectivity index (χ1n) is 6.12. The van der Waals surface area contributed by atoms with Crippen LogP contribution >= 0.6 is 11.6 Å². The monoisotopic (exact) mass is 294 g/mol. The van der Waals surface area contributed by atoms with Crippen molar-refractivity contribution in [2.45, 2.75) is 13.0 Å². The Bertz CT molecular complexity index is 619. The number of methoxy groups -OCH3 is 1. The molecule has 0 heterocycles. The number of halogens is 2. The molecule has 2 aromatic carbocycles. The van der Waals surface area contributed by atoms with Crippen molar-refractivity contribution < 1.29 is 9.13 Å². The zero-order chi connectivity index (χ0) is 14.7. The van der Waals surface area contributed by atoms with Crippen LogP contribution in [0.5, 0.6) is 5.75 Å². The van der Waals surface area contributed by atoms with Crippen molar-refractivity contribution >= 4 is 11.6 Å². The number of hydrogen-bond donors (Lipinski definition) is 2. The summed E-state index contributed by atoms with van der Waals surface area (Å²) in [5.41, 5.74) is 5.13. The summed E-state index contributed by atoms with van der Waals surface area (Å²) in [6.07, 6.45) is 0. The predicted octanol–water partition coefficient (Wildman–Crippen LogP) is 3.35. The van der Waals surface area contributed by atoms with Crippen LogP contribution in [0.4, 0.5) is 4.39 Å². The number of ether oxygens (including phenoxy) is 1. The van der Waals surface area contributed by atoms with E-state index in [-0.39, 0.29) is 11.9 Å². The molecular weight excluding hydrogens is 279 g/mol. The summed E-state index contributed by atoms with van der Waals surface area (Å²) in [6, 6.07) is 9.49. The topological polar surface area (TPSA) is 47.3 Å². The van der Waals surface area contributed by atoms with E-state index in [1.54, 1.807) is 7.11 Å². The summed E-state index contributed by atoms with van der Waals surface area (Å²) in [5, 5.41) is 0.461. The molecule has 3 N–H and O–H groups in total. The Hall–Kier alpha value is -1.62. The van der Waals surface area contributed by atoms with Crippen molar-refractivity contribution in [2.75, 3.05) is 7.11 Å². The van der Waals surface area contributed by atoms with E-state index in [9.17, 15) is 4.39 Å². The number of nitrogens with one attached hydrogen (secondary N) is 1. The molecule has 1 unspecified atom stereocenters. The fourth-order valence-electron chi connectivity index (χ4n) is 2.18. The van der Waals surface area contributed by atoms with E-state index in [0.717, 1.165) is 16.9 Å². The van der Waals surface area contributed by atoms with Gasteiger partial charge in [-0.2, -0.15) is 0 Å². The van der Waals surface area contributed by atoms with Crippen molar-refractivity contribution in [3.8, 4) is 5.75 Å². The van der Waals surface area contributed by atoms with E-state index in [4.69, 9.17) is 22.2 Å². The lowest BCUT2D eigenvalue weighted by atomic mass is 9.97. The van der Waals surface area contributed by atoms with Crippen LogP contribution in [0.15, 0.2) is 36.4 Å². The summed E-state index contributed by atoms with van der Waals surface area (Å²) >= 11 is 6.13. The minimum absolute atomic E-state index is 0.352. The standard InChI is InChI=1S/C15H16ClFN2O/c1-9-7-10(3-6-14(9)20-2)15(19-18)12-8-11(17)4-5-13(12)16/h3-8,15,19H,18H2,1-2H3. The molecule has 20 heavy (non-hydrogen) atoms. The van der Waals surface area contributed by atoms with Crippen LogP contribution in [0.1, 0.15) is 22.7 Å². The van der Waals surface area contributed by atoms with Crippen molar-refractivity contribution in [3.63, 3.8) is 0 Å². The highest BCUT2D eigenvalue weighted by molar-refractivity contribution is 6.31. The van der Waals surface area contributed by atoms with Crippen molar-refractivity contribution in [1.29, 1.82) is 0 Å². The van der Waals surface area contributed by atoms with Crippen molar-refractivity contribution in [2.24, 2.45) is 5.84 Å². The summed E-state index contributed by atoms with van der Waals surface area (Å²) in [6.45, 7) is 1.93. The van der Waals surface area contributed by atoms with E-state index in [1.165, 1.54) is 18.2 Å². The fourth-order valence-corrected chi connectivity index (χ4v) is 2.41. The predicted molar refractivity (Wildman–Crippen MR) is 78.3 cm³/mol. The third kappa shape index (κ3) is 2.93. The van der Waals surface area contributed by atoms with Gasteiger partial charge in [-0.3, -0.25) is 5.84 Å².